The predicted molar refractivity (Wildman–Crippen MR) is 94.3 cm³/mol. The van der Waals surface area contributed by atoms with Crippen molar-refractivity contribution in [3.63, 3.8) is 0 Å². The fourth-order valence-corrected chi connectivity index (χ4v) is 4.50. The molecule has 0 heterocycles. The van der Waals surface area contributed by atoms with Crippen molar-refractivity contribution in [1.82, 2.24) is 4.31 Å². The second-order valence-electron chi connectivity index (χ2n) is 5.39. The van der Waals surface area contributed by atoms with Crippen molar-refractivity contribution in [3.8, 4) is 0 Å². The molecule has 0 aliphatic heterocycles. The SMILES string of the molecule is CCCCCN(CCCCC)S(=O)(=O)c1cc(Cl)ccc1Cl. The largest absolute Gasteiger partial charge is 0.244 e. The normalized spacial score (nSPS) is 12.0. The maximum absolute atomic E-state index is 12.9. The van der Waals surface area contributed by atoms with Gasteiger partial charge in [0.15, 0.2) is 0 Å². The molecule has 0 spiro atoms. The van der Waals surface area contributed by atoms with Crippen LogP contribution < -0.4 is 0 Å². The van der Waals surface area contributed by atoms with Gasteiger partial charge in [-0.25, -0.2) is 8.42 Å². The summed E-state index contributed by atoms with van der Waals surface area (Å²) in [6.07, 6.45) is 5.87. The number of benzene rings is 1. The molecular formula is C16H25Cl2NO2S. The number of halogens is 2. The molecule has 0 N–H and O–H groups in total. The molecular weight excluding hydrogens is 341 g/mol. The lowest BCUT2D eigenvalue weighted by Gasteiger charge is -2.23. The van der Waals surface area contributed by atoms with Gasteiger partial charge in [-0.3, -0.25) is 0 Å². The Labute approximate surface area is 144 Å². The number of nitrogens with zero attached hydrogens (tertiary/aromatic N) is 1. The molecule has 0 aromatic heterocycles. The zero-order valence-electron chi connectivity index (χ0n) is 13.3. The standard InChI is InChI=1S/C16H25Cl2NO2S/c1-3-5-7-11-19(12-8-6-4-2)22(20,21)16-13-14(17)9-10-15(16)18/h9-10,13H,3-8,11-12H2,1-2H3. The summed E-state index contributed by atoms with van der Waals surface area (Å²) < 4.78 is 27.3. The van der Waals surface area contributed by atoms with E-state index in [1.165, 1.54) is 12.1 Å². The highest BCUT2D eigenvalue weighted by molar-refractivity contribution is 7.89. The number of unbranched alkanes of at least 4 members (excludes halogenated alkanes) is 4. The summed E-state index contributed by atoms with van der Waals surface area (Å²) in [6.45, 7) is 5.26. The summed E-state index contributed by atoms with van der Waals surface area (Å²) in [5.74, 6) is 0. The van der Waals surface area contributed by atoms with E-state index in [-0.39, 0.29) is 9.92 Å². The van der Waals surface area contributed by atoms with Gasteiger partial charge in [-0.05, 0) is 31.0 Å². The highest BCUT2D eigenvalue weighted by atomic mass is 35.5. The van der Waals surface area contributed by atoms with Crippen molar-refractivity contribution in [2.75, 3.05) is 13.1 Å². The molecule has 0 aliphatic carbocycles. The smallest absolute Gasteiger partial charge is 0.207 e. The van der Waals surface area contributed by atoms with E-state index < -0.39 is 10.0 Å². The molecule has 0 saturated heterocycles. The van der Waals surface area contributed by atoms with Crippen LogP contribution in [0.25, 0.3) is 0 Å². The van der Waals surface area contributed by atoms with Gasteiger partial charge >= 0.3 is 0 Å². The van der Waals surface area contributed by atoms with Gasteiger partial charge in [-0.15, -0.1) is 0 Å². The average Bonchev–Trinajstić information content (AvgIpc) is 2.48. The Morgan fingerprint density at radius 2 is 1.50 bits per heavy atom. The van der Waals surface area contributed by atoms with Crippen molar-refractivity contribution in [3.05, 3.63) is 28.2 Å². The quantitative estimate of drug-likeness (QED) is 0.523. The third kappa shape index (κ3) is 5.73. The van der Waals surface area contributed by atoms with Crippen LogP contribution >= 0.6 is 23.2 Å². The zero-order chi connectivity index (χ0) is 16.6. The van der Waals surface area contributed by atoms with E-state index in [1.54, 1.807) is 10.4 Å². The van der Waals surface area contributed by atoms with Crippen molar-refractivity contribution in [1.29, 1.82) is 0 Å². The average molecular weight is 366 g/mol. The first-order valence-corrected chi connectivity index (χ1v) is 10.1. The molecule has 1 aromatic rings. The summed E-state index contributed by atoms with van der Waals surface area (Å²) >= 11 is 12.0. The Kier molecular flexibility index (Phi) is 8.77. The third-order valence-electron chi connectivity index (χ3n) is 3.53. The minimum absolute atomic E-state index is 0.106. The molecule has 1 rings (SSSR count). The van der Waals surface area contributed by atoms with Gasteiger partial charge in [-0.1, -0.05) is 62.7 Å². The van der Waals surface area contributed by atoms with Gasteiger partial charge in [0.05, 0.1) is 5.02 Å². The first kappa shape index (κ1) is 19.8. The van der Waals surface area contributed by atoms with E-state index in [4.69, 9.17) is 23.2 Å². The van der Waals surface area contributed by atoms with E-state index in [1.807, 2.05) is 0 Å². The Morgan fingerprint density at radius 3 is 2.00 bits per heavy atom. The number of rotatable bonds is 10. The molecule has 3 nitrogen and oxygen atoms in total. The van der Waals surface area contributed by atoms with Crippen LogP contribution in [0.15, 0.2) is 23.1 Å². The molecule has 0 aliphatic rings. The van der Waals surface area contributed by atoms with Crippen LogP contribution in [-0.4, -0.2) is 25.8 Å². The van der Waals surface area contributed by atoms with E-state index in [0.717, 1.165) is 38.5 Å². The van der Waals surface area contributed by atoms with Crippen LogP contribution in [0.3, 0.4) is 0 Å². The highest BCUT2D eigenvalue weighted by Crippen LogP contribution is 2.28. The monoisotopic (exact) mass is 365 g/mol. The molecule has 6 heteroatoms. The molecule has 22 heavy (non-hydrogen) atoms. The highest BCUT2D eigenvalue weighted by Gasteiger charge is 2.26. The third-order valence-corrected chi connectivity index (χ3v) is 6.15. The molecule has 0 radical (unpaired) electrons. The number of hydrogen-bond acceptors (Lipinski definition) is 2. The lowest BCUT2D eigenvalue weighted by atomic mass is 10.2. The Balaban J connectivity index is 3.00. The number of hydrogen-bond donors (Lipinski definition) is 0. The minimum atomic E-state index is -3.60. The van der Waals surface area contributed by atoms with Crippen LogP contribution in [0.2, 0.25) is 10.0 Å². The van der Waals surface area contributed by atoms with Crippen molar-refractivity contribution in [2.24, 2.45) is 0 Å². The molecule has 0 amide bonds. The van der Waals surface area contributed by atoms with Crippen molar-refractivity contribution in [2.45, 2.75) is 57.3 Å². The fraction of sp³-hybridized carbons (Fsp3) is 0.625. The summed E-state index contributed by atoms with van der Waals surface area (Å²) in [5.41, 5.74) is 0. The van der Waals surface area contributed by atoms with E-state index >= 15 is 0 Å². The second-order valence-corrected chi connectivity index (χ2v) is 8.14. The van der Waals surface area contributed by atoms with E-state index in [0.29, 0.717) is 18.1 Å². The van der Waals surface area contributed by atoms with E-state index in [2.05, 4.69) is 13.8 Å². The Morgan fingerprint density at radius 1 is 0.955 bits per heavy atom. The van der Waals surface area contributed by atoms with Gasteiger partial charge < -0.3 is 0 Å². The molecule has 0 atom stereocenters. The van der Waals surface area contributed by atoms with Crippen LogP contribution in [0.4, 0.5) is 0 Å². The van der Waals surface area contributed by atoms with Crippen molar-refractivity contribution >= 4 is 33.2 Å². The minimum Gasteiger partial charge on any atom is -0.207 e. The molecule has 1 aromatic carbocycles. The topological polar surface area (TPSA) is 37.4 Å². The summed E-state index contributed by atoms with van der Waals surface area (Å²) in [5, 5.41) is 0.602. The predicted octanol–water partition coefficient (Wildman–Crippen LogP) is 5.36. The Hall–Kier alpha value is -0.290. The Bertz CT molecular complexity index is 551. The van der Waals surface area contributed by atoms with Crippen LogP contribution in [0, 0.1) is 0 Å². The van der Waals surface area contributed by atoms with Crippen LogP contribution in [0.1, 0.15) is 52.4 Å². The summed E-state index contributed by atoms with van der Waals surface area (Å²) in [4.78, 5) is 0.106. The van der Waals surface area contributed by atoms with Crippen LogP contribution in [-0.2, 0) is 10.0 Å². The lowest BCUT2D eigenvalue weighted by molar-refractivity contribution is 0.388. The molecule has 126 valence electrons. The second kappa shape index (κ2) is 9.76. The van der Waals surface area contributed by atoms with Gasteiger partial charge in [-0.2, -0.15) is 4.31 Å². The summed E-state index contributed by atoms with van der Waals surface area (Å²) in [6, 6.07) is 4.57. The zero-order valence-corrected chi connectivity index (χ0v) is 15.6. The maximum Gasteiger partial charge on any atom is 0.244 e. The van der Waals surface area contributed by atoms with Gasteiger partial charge in [0.25, 0.3) is 0 Å². The summed E-state index contributed by atoms with van der Waals surface area (Å²) in [7, 11) is -3.60. The molecule has 0 bridgehead atoms. The molecule has 0 fully saturated rings. The fourth-order valence-electron chi connectivity index (χ4n) is 2.24. The van der Waals surface area contributed by atoms with Crippen molar-refractivity contribution < 1.29 is 8.42 Å². The molecule has 0 saturated carbocycles. The van der Waals surface area contributed by atoms with Gasteiger partial charge in [0.2, 0.25) is 10.0 Å². The van der Waals surface area contributed by atoms with Crippen LogP contribution in [0.5, 0.6) is 0 Å². The maximum atomic E-state index is 12.9. The first-order chi connectivity index (χ1) is 10.4. The number of sulfonamides is 1. The molecule has 0 unspecified atom stereocenters. The van der Waals surface area contributed by atoms with Gasteiger partial charge in [0.1, 0.15) is 4.90 Å². The lowest BCUT2D eigenvalue weighted by Crippen LogP contribution is -2.33. The first-order valence-electron chi connectivity index (χ1n) is 7.88. The van der Waals surface area contributed by atoms with Gasteiger partial charge in [0, 0.05) is 18.1 Å². The van der Waals surface area contributed by atoms with E-state index in [9.17, 15) is 8.42 Å².